The van der Waals surface area contributed by atoms with Gasteiger partial charge in [-0.1, -0.05) is 24.3 Å². The van der Waals surface area contributed by atoms with Crippen molar-refractivity contribution in [3.63, 3.8) is 0 Å². The summed E-state index contributed by atoms with van der Waals surface area (Å²) in [5.74, 6) is 1.51. The highest BCUT2D eigenvalue weighted by Gasteiger charge is 2.49. The SMILES string of the molecule is OCC1C2CC(c3ccccc32)C1CO. The molecule has 1 saturated carbocycles. The quantitative estimate of drug-likeness (QED) is 0.766. The molecule has 2 aliphatic rings. The monoisotopic (exact) mass is 204 g/mol. The molecule has 2 N–H and O–H groups in total. The molecule has 0 saturated heterocycles. The van der Waals surface area contributed by atoms with Crippen molar-refractivity contribution < 1.29 is 10.2 Å². The molecule has 3 rings (SSSR count). The summed E-state index contributed by atoms with van der Waals surface area (Å²) in [4.78, 5) is 0. The molecule has 0 amide bonds. The van der Waals surface area contributed by atoms with Crippen molar-refractivity contribution in [1.82, 2.24) is 0 Å². The first-order valence-electron chi connectivity index (χ1n) is 5.67. The van der Waals surface area contributed by atoms with Crippen molar-refractivity contribution in [2.45, 2.75) is 18.3 Å². The van der Waals surface area contributed by atoms with Gasteiger partial charge in [0.15, 0.2) is 0 Å². The molecule has 4 unspecified atom stereocenters. The van der Waals surface area contributed by atoms with Crippen LogP contribution in [-0.2, 0) is 0 Å². The minimum Gasteiger partial charge on any atom is -0.396 e. The third-order valence-electron chi connectivity index (χ3n) is 4.31. The lowest BCUT2D eigenvalue weighted by Crippen LogP contribution is -2.27. The molecule has 0 aromatic heterocycles. The molecule has 0 radical (unpaired) electrons. The molecule has 0 heterocycles. The zero-order valence-corrected chi connectivity index (χ0v) is 8.63. The van der Waals surface area contributed by atoms with E-state index in [2.05, 4.69) is 24.3 Å². The second-order valence-electron chi connectivity index (χ2n) is 4.77. The fourth-order valence-corrected chi connectivity index (χ4v) is 3.65. The number of aliphatic hydroxyl groups is 2. The predicted octanol–water partition coefficient (Wildman–Crippen LogP) is 1.49. The van der Waals surface area contributed by atoms with E-state index in [0.717, 1.165) is 6.42 Å². The maximum Gasteiger partial charge on any atom is 0.0468 e. The molecule has 15 heavy (non-hydrogen) atoms. The van der Waals surface area contributed by atoms with E-state index in [1.165, 1.54) is 11.1 Å². The topological polar surface area (TPSA) is 40.5 Å². The summed E-state index contributed by atoms with van der Waals surface area (Å²) in [6, 6.07) is 8.50. The van der Waals surface area contributed by atoms with Crippen LogP contribution in [0.25, 0.3) is 0 Å². The molecule has 2 nitrogen and oxygen atoms in total. The lowest BCUT2D eigenvalue weighted by atomic mass is 9.76. The minimum absolute atomic E-state index is 0.209. The zero-order valence-electron chi connectivity index (χ0n) is 8.63. The summed E-state index contributed by atoms with van der Waals surface area (Å²) >= 11 is 0. The van der Waals surface area contributed by atoms with Gasteiger partial charge in [0.25, 0.3) is 0 Å². The van der Waals surface area contributed by atoms with Crippen LogP contribution in [0.2, 0.25) is 0 Å². The van der Waals surface area contributed by atoms with Crippen LogP contribution < -0.4 is 0 Å². The fourth-order valence-electron chi connectivity index (χ4n) is 3.65. The first-order chi connectivity index (χ1) is 7.36. The van der Waals surface area contributed by atoms with Gasteiger partial charge in [-0.3, -0.25) is 0 Å². The molecule has 80 valence electrons. The Bertz CT molecular complexity index is 340. The van der Waals surface area contributed by atoms with Crippen LogP contribution in [0.15, 0.2) is 24.3 Å². The maximum atomic E-state index is 9.40. The number of rotatable bonds is 2. The van der Waals surface area contributed by atoms with Crippen molar-refractivity contribution in [2.75, 3.05) is 13.2 Å². The Labute approximate surface area is 89.6 Å². The smallest absolute Gasteiger partial charge is 0.0468 e. The summed E-state index contributed by atoms with van der Waals surface area (Å²) in [6.07, 6.45) is 1.12. The van der Waals surface area contributed by atoms with E-state index in [-0.39, 0.29) is 25.0 Å². The van der Waals surface area contributed by atoms with Gasteiger partial charge in [0, 0.05) is 13.2 Å². The normalized spacial score (nSPS) is 36.9. The molecule has 2 aliphatic carbocycles. The number of fused-ring (bicyclic) bond motifs is 5. The summed E-state index contributed by atoms with van der Waals surface area (Å²) < 4.78 is 0. The Morgan fingerprint density at radius 3 is 1.80 bits per heavy atom. The second-order valence-corrected chi connectivity index (χ2v) is 4.77. The highest BCUT2D eigenvalue weighted by molar-refractivity contribution is 5.43. The van der Waals surface area contributed by atoms with E-state index >= 15 is 0 Å². The van der Waals surface area contributed by atoms with Gasteiger partial charge in [-0.2, -0.15) is 0 Å². The van der Waals surface area contributed by atoms with Crippen molar-refractivity contribution in [2.24, 2.45) is 11.8 Å². The van der Waals surface area contributed by atoms with Gasteiger partial charge in [-0.25, -0.2) is 0 Å². The zero-order chi connectivity index (χ0) is 10.4. The van der Waals surface area contributed by atoms with E-state index in [1.807, 2.05) is 0 Å². The highest BCUT2D eigenvalue weighted by atomic mass is 16.3. The second kappa shape index (κ2) is 3.32. The third-order valence-corrected chi connectivity index (χ3v) is 4.31. The molecule has 1 fully saturated rings. The molecule has 1 aromatic carbocycles. The van der Waals surface area contributed by atoms with Crippen LogP contribution in [0.3, 0.4) is 0 Å². The molecule has 4 atom stereocenters. The largest absolute Gasteiger partial charge is 0.396 e. The summed E-state index contributed by atoms with van der Waals surface area (Å²) in [5.41, 5.74) is 2.82. The molecule has 1 aromatic rings. The molecular formula is C13H16O2. The van der Waals surface area contributed by atoms with E-state index in [1.54, 1.807) is 0 Å². The molecule has 2 heteroatoms. The van der Waals surface area contributed by atoms with Gasteiger partial charge >= 0.3 is 0 Å². The number of benzene rings is 1. The van der Waals surface area contributed by atoms with Crippen LogP contribution in [0.4, 0.5) is 0 Å². The van der Waals surface area contributed by atoms with Crippen molar-refractivity contribution in [1.29, 1.82) is 0 Å². The molecular weight excluding hydrogens is 188 g/mol. The van der Waals surface area contributed by atoms with Gasteiger partial charge in [0.05, 0.1) is 0 Å². The van der Waals surface area contributed by atoms with Gasteiger partial charge < -0.3 is 10.2 Å². The van der Waals surface area contributed by atoms with Crippen LogP contribution in [0.1, 0.15) is 29.4 Å². The van der Waals surface area contributed by atoms with Crippen molar-refractivity contribution in [3.8, 4) is 0 Å². The summed E-state index contributed by atoms with van der Waals surface area (Å²) in [6.45, 7) is 0.418. The average molecular weight is 204 g/mol. The number of hydrogen-bond donors (Lipinski definition) is 2. The first-order valence-corrected chi connectivity index (χ1v) is 5.67. The van der Waals surface area contributed by atoms with E-state index in [4.69, 9.17) is 0 Å². The van der Waals surface area contributed by atoms with Crippen LogP contribution in [0, 0.1) is 11.8 Å². The Morgan fingerprint density at radius 1 is 0.933 bits per heavy atom. The van der Waals surface area contributed by atoms with E-state index < -0.39 is 0 Å². The van der Waals surface area contributed by atoms with E-state index in [9.17, 15) is 10.2 Å². The Balaban J connectivity index is 2.05. The molecule has 0 aliphatic heterocycles. The Morgan fingerprint density at radius 2 is 1.40 bits per heavy atom. The number of hydrogen-bond acceptors (Lipinski definition) is 2. The van der Waals surface area contributed by atoms with E-state index in [0.29, 0.717) is 11.8 Å². The fraction of sp³-hybridized carbons (Fsp3) is 0.538. The van der Waals surface area contributed by atoms with Gasteiger partial charge in [-0.05, 0) is 41.2 Å². The predicted molar refractivity (Wildman–Crippen MR) is 57.7 cm³/mol. The first kappa shape index (κ1) is 9.37. The van der Waals surface area contributed by atoms with Gasteiger partial charge in [0.2, 0.25) is 0 Å². The lowest BCUT2D eigenvalue weighted by molar-refractivity contribution is 0.120. The minimum atomic E-state index is 0.209. The van der Waals surface area contributed by atoms with Gasteiger partial charge in [-0.15, -0.1) is 0 Å². The van der Waals surface area contributed by atoms with Crippen LogP contribution in [0.5, 0.6) is 0 Å². The van der Waals surface area contributed by atoms with Gasteiger partial charge in [0.1, 0.15) is 0 Å². The number of aliphatic hydroxyl groups excluding tert-OH is 2. The summed E-state index contributed by atoms with van der Waals surface area (Å²) in [7, 11) is 0. The van der Waals surface area contributed by atoms with Crippen LogP contribution >= 0.6 is 0 Å². The average Bonchev–Trinajstić information content (AvgIpc) is 2.84. The Hall–Kier alpha value is -0.860. The van der Waals surface area contributed by atoms with Crippen molar-refractivity contribution >= 4 is 0 Å². The van der Waals surface area contributed by atoms with Crippen molar-refractivity contribution in [3.05, 3.63) is 35.4 Å². The lowest BCUT2D eigenvalue weighted by Gasteiger charge is -2.30. The van der Waals surface area contributed by atoms with Crippen LogP contribution in [-0.4, -0.2) is 23.4 Å². The molecule has 2 bridgehead atoms. The third kappa shape index (κ3) is 1.12. The summed E-state index contributed by atoms with van der Waals surface area (Å²) in [5, 5.41) is 18.8. The Kier molecular flexibility index (Phi) is 2.08. The maximum absolute atomic E-state index is 9.40. The standard InChI is InChI=1S/C13H16O2/c14-6-12-10-5-11(13(12)7-15)9-4-2-1-3-8(9)10/h1-4,10-15H,5-7H2. The highest BCUT2D eigenvalue weighted by Crippen LogP contribution is 2.58. The molecule has 0 spiro atoms.